The van der Waals surface area contributed by atoms with E-state index in [1.165, 1.54) is 10.6 Å². The molecule has 136 valence electrons. The molecule has 0 amide bonds. The molecule has 0 aliphatic carbocycles. The second-order valence-electron chi connectivity index (χ2n) is 6.82. The third-order valence-corrected chi connectivity index (χ3v) is 5.43. The van der Waals surface area contributed by atoms with Crippen LogP contribution in [-0.4, -0.2) is 45.3 Å². The summed E-state index contributed by atoms with van der Waals surface area (Å²) in [6, 6.07) is 10.1. The van der Waals surface area contributed by atoms with Crippen molar-refractivity contribution in [3.05, 3.63) is 51.5 Å². The number of nitrogens with one attached hydrogen (secondary N) is 1. The molecule has 1 aliphatic heterocycles. The van der Waals surface area contributed by atoms with Crippen molar-refractivity contribution in [3.8, 4) is 0 Å². The summed E-state index contributed by atoms with van der Waals surface area (Å²) >= 11 is 11.6. The molecule has 0 saturated carbocycles. The summed E-state index contributed by atoms with van der Waals surface area (Å²) in [6.45, 7) is 8.93. The van der Waals surface area contributed by atoms with Gasteiger partial charge in [-0.1, -0.05) is 17.7 Å². The highest BCUT2D eigenvalue weighted by atomic mass is 35.5. The smallest absolute Gasteiger partial charge is 0.252 e. The number of aryl methyl sites for hydroxylation is 2. The lowest BCUT2D eigenvalue weighted by atomic mass is 10.2. The summed E-state index contributed by atoms with van der Waals surface area (Å²) in [7, 11) is 0. The predicted molar refractivity (Wildman–Crippen MR) is 106 cm³/mol. The van der Waals surface area contributed by atoms with Crippen LogP contribution in [0.4, 0.5) is 5.69 Å². The van der Waals surface area contributed by atoms with Crippen molar-refractivity contribution in [1.82, 2.24) is 19.2 Å². The van der Waals surface area contributed by atoms with Gasteiger partial charge >= 0.3 is 0 Å². The van der Waals surface area contributed by atoms with Crippen LogP contribution in [0, 0.1) is 18.6 Å². The van der Waals surface area contributed by atoms with Gasteiger partial charge in [-0.15, -0.1) is 0 Å². The van der Waals surface area contributed by atoms with Gasteiger partial charge in [0.1, 0.15) is 0 Å². The minimum Gasteiger partial charge on any atom is -0.360 e. The van der Waals surface area contributed by atoms with Gasteiger partial charge in [-0.25, -0.2) is 14.2 Å². The van der Waals surface area contributed by atoms with E-state index < -0.39 is 0 Å². The van der Waals surface area contributed by atoms with Gasteiger partial charge in [0, 0.05) is 22.1 Å². The molecule has 2 aromatic heterocycles. The molecular formula is C18H22ClN6S+. The van der Waals surface area contributed by atoms with Crippen LogP contribution >= 0.6 is 23.8 Å². The number of aromatic nitrogens is 4. The van der Waals surface area contributed by atoms with E-state index in [0.717, 1.165) is 49.3 Å². The molecule has 6 nitrogen and oxygen atoms in total. The number of fused-ring (bicyclic) bond motifs is 1. The van der Waals surface area contributed by atoms with E-state index in [4.69, 9.17) is 23.8 Å². The Balaban J connectivity index is 1.51. The fraction of sp³-hybridized carbons (Fsp3) is 0.389. The zero-order valence-corrected chi connectivity index (χ0v) is 16.5. The Hall–Kier alpha value is -1.96. The zero-order chi connectivity index (χ0) is 18.3. The maximum Gasteiger partial charge on any atom is 0.252 e. The van der Waals surface area contributed by atoms with Gasteiger partial charge in [0.25, 0.3) is 5.78 Å². The van der Waals surface area contributed by atoms with Crippen molar-refractivity contribution in [2.24, 2.45) is 0 Å². The van der Waals surface area contributed by atoms with Crippen molar-refractivity contribution in [3.63, 3.8) is 0 Å². The lowest BCUT2D eigenvalue weighted by Gasteiger charge is -2.33. The maximum atomic E-state index is 6.12. The third kappa shape index (κ3) is 3.34. The highest BCUT2D eigenvalue weighted by Crippen LogP contribution is 2.19. The minimum absolute atomic E-state index is 0.593. The molecular weight excluding hydrogens is 368 g/mol. The number of hydrogen-bond acceptors (Lipinski definition) is 4. The van der Waals surface area contributed by atoms with Gasteiger partial charge in [0.15, 0.2) is 6.67 Å². The van der Waals surface area contributed by atoms with E-state index in [0.29, 0.717) is 10.5 Å². The quantitative estimate of drug-likeness (QED) is 0.695. The average molecular weight is 390 g/mol. The van der Waals surface area contributed by atoms with Gasteiger partial charge in [0.2, 0.25) is 4.77 Å². The summed E-state index contributed by atoms with van der Waals surface area (Å²) in [6.07, 6.45) is 0. The van der Waals surface area contributed by atoms with E-state index in [2.05, 4.69) is 38.6 Å². The lowest BCUT2D eigenvalue weighted by molar-refractivity contribution is -0.924. The van der Waals surface area contributed by atoms with Crippen LogP contribution in [0.5, 0.6) is 0 Å². The third-order valence-electron chi connectivity index (χ3n) is 4.89. The molecule has 1 fully saturated rings. The number of rotatable bonds is 3. The average Bonchev–Trinajstić information content (AvgIpc) is 2.91. The second kappa shape index (κ2) is 6.98. The molecule has 26 heavy (non-hydrogen) atoms. The maximum absolute atomic E-state index is 6.12. The molecule has 8 heteroatoms. The second-order valence-corrected chi connectivity index (χ2v) is 7.62. The first-order valence-corrected chi connectivity index (χ1v) is 9.58. The molecule has 0 unspecified atom stereocenters. The zero-order valence-electron chi connectivity index (χ0n) is 14.9. The Morgan fingerprint density at radius 2 is 1.92 bits per heavy atom. The van der Waals surface area contributed by atoms with Crippen molar-refractivity contribution < 1.29 is 4.90 Å². The minimum atomic E-state index is 0.593. The number of nitrogens with zero attached hydrogens (tertiary/aromatic N) is 5. The molecule has 3 heterocycles. The standard InChI is InChI=1S/C18H21ClN6S/c1-13-10-14(2)25-17(20-13)21-18(26)24(25)12-22-6-8-23(9-7-22)16-5-3-4-15(19)11-16/h3-5,10-11H,6-9,12H2,1-2H3/p+1. The number of piperazine rings is 1. The Bertz CT molecular complexity index is 1000. The van der Waals surface area contributed by atoms with Crippen LogP contribution in [0.15, 0.2) is 30.3 Å². The van der Waals surface area contributed by atoms with Crippen LogP contribution in [0.1, 0.15) is 11.4 Å². The van der Waals surface area contributed by atoms with Gasteiger partial charge in [0.05, 0.1) is 26.2 Å². The first kappa shape index (κ1) is 17.5. The van der Waals surface area contributed by atoms with Crippen LogP contribution in [0.3, 0.4) is 0 Å². The van der Waals surface area contributed by atoms with E-state index in [1.54, 1.807) is 0 Å². The van der Waals surface area contributed by atoms with Gasteiger partial charge < -0.3 is 9.80 Å². The SMILES string of the molecule is Cc1cc(C)n2c(n1)nc(=S)n2C[NH+]1CCN(c2cccc(Cl)c2)CC1. The lowest BCUT2D eigenvalue weighted by Crippen LogP contribution is -3.14. The molecule has 0 bridgehead atoms. The predicted octanol–water partition coefficient (Wildman–Crippen LogP) is 1.89. The van der Waals surface area contributed by atoms with Crippen LogP contribution < -0.4 is 9.80 Å². The first-order valence-electron chi connectivity index (χ1n) is 8.79. The number of quaternary nitrogens is 1. The summed E-state index contributed by atoms with van der Waals surface area (Å²) in [5, 5.41) is 0.785. The first-order chi connectivity index (χ1) is 12.5. The molecule has 0 atom stereocenters. The number of halogens is 1. The van der Waals surface area contributed by atoms with Crippen molar-refractivity contribution in [2.75, 3.05) is 31.1 Å². The van der Waals surface area contributed by atoms with Crippen LogP contribution in [0.2, 0.25) is 5.02 Å². The number of benzene rings is 1. The van der Waals surface area contributed by atoms with E-state index in [-0.39, 0.29) is 0 Å². The molecule has 1 aliphatic rings. The van der Waals surface area contributed by atoms with Crippen molar-refractivity contribution in [2.45, 2.75) is 20.5 Å². The van der Waals surface area contributed by atoms with Crippen LogP contribution in [0.25, 0.3) is 5.78 Å². The normalized spacial score (nSPS) is 15.7. The molecule has 0 spiro atoms. The molecule has 3 aromatic rings. The number of hydrogen-bond donors (Lipinski definition) is 1. The Labute approximate surface area is 162 Å². The van der Waals surface area contributed by atoms with Gasteiger partial charge in [-0.2, -0.15) is 4.98 Å². The Kier molecular flexibility index (Phi) is 4.69. The highest BCUT2D eigenvalue weighted by molar-refractivity contribution is 7.71. The van der Waals surface area contributed by atoms with E-state index in [1.807, 2.05) is 29.6 Å². The van der Waals surface area contributed by atoms with E-state index >= 15 is 0 Å². The Morgan fingerprint density at radius 3 is 2.65 bits per heavy atom. The topological polar surface area (TPSA) is 42.8 Å². The molecule has 0 radical (unpaired) electrons. The Morgan fingerprint density at radius 1 is 1.15 bits per heavy atom. The van der Waals surface area contributed by atoms with Crippen molar-refractivity contribution >= 4 is 35.3 Å². The summed E-state index contributed by atoms with van der Waals surface area (Å²) in [5.74, 6) is 0.685. The molecule has 1 N–H and O–H groups in total. The molecule has 1 aromatic carbocycles. The highest BCUT2D eigenvalue weighted by Gasteiger charge is 2.22. The summed E-state index contributed by atoms with van der Waals surface area (Å²) in [4.78, 5) is 12.8. The summed E-state index contributed by atoms with van der Waals surface area (Å²) < 4.78 is 4.69. The van der Waals surface area contributed by atoms with Gasteiger partial charge in [-0.05, 0) is 50.3 Å². The van der Waals surface area contributed by atoms with E-state index in [9.17, 15) is 0 Å². The number of anilines is 1. The largest absolute Gasteiger partial charge is 0.360 e. The molecule has 4 rings (SSSR count). The van der Waals surface area contributed by atoms with Crippen LogP contribution in [-0.2, 0) is 6.67 Å². The fourth-order valence-corrected chi connectivity index (χ4v) is 4.03. The van der Waals surface area contributed by atoms with Gasteiger partial charge in [-0.3, -0.25) is 0 Å². The monoisotopic (exact) mass is 389 g/mol. The molecule has 1 saturated heterocycles. The van der Waals surface area contributed by atoms with Crippen molar-refractivity contribution in [1.29, 1.82) is 0 Å². The summed E-state index contributed by atoms with van der Waals surface area (Å²) in [5.41, 5.74) is 3.26. The fourth-order valence-electron chi connectivity index (χ4n) is 3.62.